The van der Waals surface area contributed by atoms with E-state index in [0.717, 1.165) is 30.8 Å². The Morgan fingerprint density at radius 2 is 2.09 bits per heavy atom. The summed E-state index contributed by atoms with van der Waals surface area (Å²) in [6.45, 7) is 3.05. The summed E-state index contributed by atoms with van der Waals surface area (Å²) in [5, 5.41) is 2.87. The average Bonchev–Trinajstić information content (AvgIpc) is 2.54. The number of carbonyl (C=O) groups is 1. The van der Waals surface area contributed by atoms with E-state index < -0.39 is 6.10 Å². The van der Waals surface area contributed by atoms with Gasteiger partial charge in [-0.05, 0) is 50.5 Å². The summed E-state index contributed by atoms with van der Waals surface area (Å²) >= 11 is 0. The van der Waals surface area contributed by atoms with Crippen molar-refractivity contribution in [2.75, 3.05) is 37.5 Å². The van der Waals surface area contributed by atoms with Crippen molar-refractivity contribution < 1.29 is 14.3 Å². The van der Waals surface area contributed by atoms with Gasteiger partial charge < -0.3 is 19.7 Å². The summed E-state index contributed by atoms with van der Waals surface area (Å²) in [4.78, 5) is 14.1. The molecule has 2 atom stereocenters. The summed E-state index contributed by atoms with van der Waals surface area (Å²) in [5.41, 5.74) is 1.87. The minimum atomic E-state index is -0.487. The van der Waals surface area contributed by atoms with Crippen molar-refractivity contribution in [3.8, 4) is 0 Å². The number of hydrogen-bond donors (Lipinski definition) is 1. The van der Waals surface area contributed by atoms with Gasteiger partial charge in [-0.3, -0.25) is 4.79 Å². The molecule has 22 heavy (non-hydrogen) atoms. The Labute approximate surface area is 132 Å². The molecule has 0 bridgehead atoms. The fraction of sp³-hybridized carbons (Fsp3) is 0.588. The van der Waals surface area contributed by atoms with E-state index in [1.165, 1.54) is 6.42 Å². The topological polar surface area (TPSA) is 50.8 Å². The second-order valence-corrected chi connectivity index (χ2v) is 5.89. The number of nitrogens with zero attached hydrogens (tertiary/aromatic N) is 1. The third-order valence-electron chi connectivity index (χ3n) is 3.83. The molecule has 1 heterocycles. The second kappa shape index (κ2) is 8.15. The number of rotatable bonds is 6. The maximum absolute atomic E-state index is 12.1. The molecule has 122 valence electrons. The number of nitrogens with one attached hydrogen (secondary N) is 1. The number of benzene rings is 1. The van der Waals surface area contributed by atoms with Crippen LogP contribution in [-0.4, -0.2) is 45.4 Å². The second-order valence-electron chi connectivity index (χ2n) is 5.89. The fourth-order valence-electron chi connectivity index (χ4n) is 2.35. The molecular formula is C17H26N2O3. The van der Waals surface area contributed by atoms with Crippen LogP contribution in [0.2, 0.25) is 0 Å². The summed E-state index contributed by atoms with van der Waals surface area (Å²) in [7, 11) is 3.97. The van der Waals surface area contributed by atoms with Crippen LogP contribution >= 0.6 is 0 Å². The summed E-state index contributed by atoms with van der Waals surface area (Å²) < 4.78 is 11.2. The van der Waals surface area contributed by atoms with Crippen LogP contribution in [0.1, 0.15) is 26.2 Å². The van der Waals surface area contributed by atoms with Crippen molar-refractivity contribution in [1.82, 2.24) is 0 Å². The molecule has 0 aliphatic carbocycles. The van der Waals surface area contributed by atoms with Crippen LogP contribution in [0.15, 0.2) is 24.3 Å². The number of ether oxygens (including phenoxy) is 2. The van der Waals surface area contributed by atoms with Gasteiger partial charge in [0.1, 0.15) is 6.10 Å². The molecule has 2 unspecified atom stereocenters. The number of hydrogen-bond acceptors (Lipinski definition) is 4. The van der Waals surface area contributed by atoms with Crippen molar-refractivity contribution in [3.05, 3.63) is 24.3 Å². The summed E-state index contributed by atoms with van der Waals surface area (Å²) in [6.07, 6.45) is 2.95. The molecule has 0 radical (unpaired) electrons. The minimum Gasteiger partial charge on any atom is -0.378 e. The Hall–Kier alpha value is -1.59. The maximum Gasteiger partial charge on any atom is 0.253 e. The number of carbonyl (C=O) groups excluding carboxylic acids is 1. The Bertz CT molecular complexity index is 467. The van der Waals surface area contributed by atoms with Crippen molar-refractivity contribution in [1.29, 1.82) is 0 Å². The average molecular weight is 306 g/mol. The maximum atomic E-state index is 12.1. The normalized spacial score (nSPS) is 19.5. The van der Waals surface area contributed by atoms with Crippen LogP contribution in [0.25, 0.3) is 0 Å². The van der Waals surface area contributed by atoms with Gasteiger partial charge in [0.05, 0.1) is 12.7 Å². The lowest BCUT2D eigenvalue weighted by molar-refractivity contribution is -0.130. The van der Waals surface area contributed by atoms with Crippen LogP contribution in [0.5, 0.6) is 0 Å². The smallest absolute Gasteiger partial charge is 0.253 e. The molecule has 1 N–H and O–H groups in total. The molecule has 5 heteroatoms. The van der Waals surface area contributed by atoms with Crippen LogP contribution in [0.4, 0.5) is 11.4 Å². The van der Waals surface area contributed by atoms with Crippen LogP contribution < -0.4 is 10.2 Å². The molecule has 1 saturated heterocycles. The lowest BCUT2D eigenvalue weighted by atomic mass is 10.1. The lowest BCUT2D eigenvalue weighted by Crippen LogP contribution is -2.32. The summed E-state index contributed by atoms with van der Waals surface area (Å²) in [5.74, 6) is -0.131. The molecule has 1 aromatic carbocycles. The molecule has 5 nitrogen and oxygen atoms in total. The van der Waals surface area contributed by atoms with E-state index in [-0.39, 0.29) is 12.0 Å². The Morgan fingerprint density at radius 3 is 2.68 bits per heavy atom. The van der Waals surface area contributed by atoms with Crippen LogP contribution in [0.3, 0.4) is 0 Å². The van der Waals surface area contributed by atoms with Crippen molar-refractivity contribution in [3.63, 3.8) is 0 Å². The zero-order valence-electron chi connectivity index (χ0n) is 13.7. The molecule has 1 aromatic rings. The van der Waals surface area contributed by atoms with E-state index in [9.17, 15) is 4.79 Å². The molecule has 0 aromatic heterocycles. The first-order valence-electron chi connectivity index (χ1n) is 7.87. The molecule has 0 spiro atoms. The highest BCUT2D eigenvalue weighted by Gasteiger charge is 2.19. The first-order valence-corrected chi connectivity index (χ1v) is 7.87. The van der Waals surface area contributed by atoms with Gasteiger partial charge >= 0.3 is 0 Å². The monoisotopic (exact) mass is 306 g/mol. The van der Waals surface area contributed by atoms with Crippen molar-refractivity contribution in [2.45, 2.75) is 38.4 Å². The predicted octanol–water partition coefficient (Wildman–Crippen LogP) is 2.67. The highest BCUT2D eigenvalue weighted by molar-refractivity contribution is 5.94. The van der Waals surface area contributed by atoms with E-state index in [0.29, 0.717) is 6.61 Å². The van der Waals surface area contributed by atoms with E-state index in [1.807, 2.05) is 43.3 Å². The van der Waals surface area contributed by atoms with E-state index in [2.05, 4.69) is 5.32 Å². The van der Waals surface area contributed by atoms with Crippen molar-refractivity contribution in [2.24, 2.45) is 0 Å². The van der Waals surface area contributed by atoms with Crippen LogP contribution in [-0.2, 0) is 14.3 Å². The molecule has 0 saturated carbocycles. The highest BCUT2D eigenvalue weighted by Crippen LogP contribution is 2.17. The quantitative estimate of drug-likeness (QED) is 0.878. The van der Waals surface area contributed by atoms with E-state index in [1.54, 1.807) is 6.92 Å². The van der Waals surface area contributed by atoms with Gasteiger partial charge in [0.2, 0.25) is 0 Å². The predicted molar refractivity (Wildman–Crippen MR) is 88.4 cm³/mol. The first-order chi connectivity index (χ1) is 10.6. The highest BCUT2D eigenvalue weighted by atomic mass is 16.5. The zero-order valence-corrected chi connectivity index (χ0v) is 13.7. The Kier molecular flexibility index (Phi) is 6.21. The summed E-state index contributed by atoms with van der Waals surface area (Å²) in [6, 6.07) is 7.72. The molecule has 1 aliphatic heterocycles. The zero-order chi connectivity index (χ0) is 15.9. The lowest BCUT2D eigenvalue weighted by Gasteiger charge is -2.24. The molecule has 1 aliphatic rings. The van der Waals surface area contributed by atoms with Gasteiger partial charge in [0, 0.05) is 32.1 Å². The third-order valence-corrected chi connectivity index (χ3v) is 3.83. The van der Waals surface area contributed by atoms with Gasteiger partial charge in [0.25, 0.3) is 5.91 Å². The number of amides is 1. The van der Waals surface area contributed by atoms with Gasteiger partial charge in [-0.1, -0.05) is 0 Å². The van der Waals surface area contributed by atoms with Gasteiger partial charge in [0.15, 0.2) is 0 Å². The first kappa shape index (κ1) is 16.8. The third kappa shape index (κ3) is 5.00. The van der Waals surface area contributed by atoms with Crippen molar-refractivity contribution >= 4 is 17.3 Å². The SMILES string of the molecule is CC(OCC1CCCCO1)C(=O)Nc1ccc(N(C)C)cc1. The standard InChI is InChI=1S/C17H26N2O3/c1-13(22-12-16-6-4-5-11-21-16)17(20)18-14-7-9-15(10-8-14)19(2)3/h7-10,13,16H,4-6,11-12H2,1-3H3,(H,18,20). The minimum absolute atomic E-state index is 0.128. The fourth-order valence-corrected chi connectivity index (χ4v) is 2.35. The van der Waals surface area contributed by atoms with Crippen LogP contribution in [0, 0.1) is 0 Å². The molecule has 1 fully saturated rings. The Balaban J connectivity index is 1.77. The molecule has 2 rings (SSSR count). The number of anilines is 2. The van der Waals surface area contributed by atoms with E-state index in [4.69, 9.17) is 9.47 Å². The van der Waals surface area contributed by atoms with Gasteiger partial charge in [-0.2, -0.15) is 0 Å². The van der Waals surface area contributed by atoms with Gasteiger partial charge in [-0.15, -0.1) is 0 Å². The van der Waals surface area contributed by atoms with Gasteiger partial charge in [-0.25, -0.2) is 0 Å². The molecular weight excluding hydrogens is 280 g/mol. The Morgan fingerprint density at radius 1 is 1.36 bits per heavy atom. The largest absolute Gasteiger partial charge is 0.378 e. The van der Waals surface area contributed by atoms with E-state index >= 15 is 0 Å². The molecule has 1 amide bonds.